The highest BCUT2D eigenvalue weighted by atomic mass is 19.1. The molecule has 0 aliphatic rings. The molecule has 0 aromatic heterocycles. The first-order valence-electron chi connectivity index (χ1n) is 5.28. The van der Waals surface area contributed by atoms with Crippen LogP contribution in [0.3, 0.4) is 0 Å². The maximum absolute atomic E-state index is 13.5. The van der Waals surface area contributed by atoms with Crippen LogP contribution in [-0.4, -0.2) is 0 Å². The molecular weight excluding hydrogens is 187 g/mol. The molecule has 77 valence electrons. The lowest BCUT2D eigenvalue weighted by Crippen LogP contribution is -1.88. The third-order valence-corrected chi connectivity index (χ3v) is 2.66. The van der Waals surface area contributed by atoms with Gasteiger partial charge in [0.1, 0.15) is 5.82 Å². The van der Waals surface area contributed by atoms with Crippen LogP contribution in [0.5, 0.6) is 0 Å². The van der Waals surface area contributed by atoms with Gasteiger partial charge in [-0.25, -0.2) is 4.39 Å². The monoisotopic (exact) mass is 201 g/mol. The molecule has 0 aliphatic carbocycles. The molecule has 0 atom stereocenters. The Morgan fingerprint density at radius 3 is 2.53 bits per heavy atom. The summed E-state index contributed by atoms with van der Waals surface area (Å²) >= 11 is 0. The van der Waals surface area contributed by atoms with E-state index in [1.165, 1.54) is 11.6 Å². The molecule has 0 heterocycles. The highest BCUT2D eigenvalue weighted by molar-refractivity contribution is 5.86. The summed E-state index contributed by atoms with van der Waals surface area (Å²) in [6, 6.07) is 11.1. The van der Waals surface area contributed by atoms with Gasteiger partial charge in [-0.05, 0) is 29.9 Å². The zero-order valence-electron chi connectivity index (χ0n) is 8.67. The van der Waals surface area contributed by atoms with Gasteiger partial charge in [0.2, 0.25) is 0 Å². The van der Waals surface area contributed by atoms with Gasteiger partial charge in [-0.3, -0.25) is 0 Å². The highest BCUT2D eigenvalue weighted by Crippen LogP contribution is 2.22. The highest BCUT2D eigenvalue weighted by Gasteiger charge is 2.03. The molecule has 1 radical (unpaired) electrons. The predicted molar refractivity (Wildman–Crippen MR) is 62.2 cm³/mol. The van der Waals surface area contributed by atoms with Gasteiger partial charge >= 0.3 is 0 Å². The van der Waals surface area contributed by atoms with Gasteiger partial charge in [-0.1, -0.05) is 43.7 Å². The fourth-order valence-corrected chi connectivity index (χ4v) is 1.87. The van der Waals surface area contributed by atoms with Gasteiger partial charge < -0.3 is 0 Å². The summed E-state index contributed by atoms with van der Waals surface area (Å²) in [7, 11) is 0. The molecule has 0 spiro atoms. The average molecular weight is 201 g/mol. The van der Waals surface area contributed by atoms with Crippen LogP contribution in [0, 0.1) is 12.7 Å². The molecule has 1 heteroatoms. The summed E-state index contributed by atoms with van der Waals surface area (Å²) < 4.78 is 13.5. The maximum atomic E-state index is 13.5. The second-order valence-electron chi connectivity index (χ2n) is 3.71. The molecular formula is C14H14F. The number of rotatable bonds is 3. The van der Waals surface area contributed by atoms with E-state index in [2.05, 4.69) is 13.0 Å². The minimum absolute atomic E-state index is 0.135. The Kier molecular flexibility index (Phi) is 3.00. The normalized spacial score (nSPS) is 10.8. The standard InChI is InChI=1S/C14H14F/c1-2-3-6-11-7-4-9-13-12(11)8-5-10-14(13)15/h4-5,7-10H,1-3,6H2. The van der Waals surface area contributed by atoms with Crippen LogP contribution in [0.4, 0.5) is 4.39 Å². The Balaban J connectivity index is 2.51. The second-order valence-corrected chi connectivity index (χ2v) is 3.71. The van der Waals surface area contributed by atoms with E-state index in [0.717, 1.165) is 30.0 Å². The van der Waals surface area contributed by atoms with E-state index >= 15 is 0 Å². The first-order valence-corrected chi connectivity index (χ1v) is 5.28. The fourth-order valence-electron chi connectivity index (χ4n) is 1.87. The van der Waals surface area contributed by atoms with Crippen molar-refractivity contribution in [1.82, 2.24) is 0 Å². The van der Waals surface area contributed by atoms with E-state index in [-0.39, 0.29) is 5.82 Å². The number of hydrogen-bond donors (Lipinski definition) is 0. The minimum Gasteiger partial charge on any atom is -0.206 e. The van der Waals surface area contributed by atoms with E-state index in [1.54, 1.807) is 6.07 Å². The van der Waals surface area contributed by atoms with Crippen molar-refractivity contribution in [3.05, 3.63) is 54.7 Å². The van der Waals surface area contributed by atoms with Crippen LogP contribution < -0.4 is 0 Å². The lowest BCUT2D eigenvalue weighted by Gasteiger charge is -2.06. The summed E-state index contributed by atoms with van der Waals surface area (Å²) in [6.07, 6.45) is 2.95. The van der Waals surface area contributed by atoms with Gasteiger partial charge in [0.25, 0.3) is 0 Å². The molecule has 0 unspecified atom stereocenters. The number of benzene rings is 2. The van der Waals surface area contributed by atoms with Crippen molar-refractivity contribution >= 4 is 10.8 Å². The fraction of sp³-hybridized carbons (Fsp3) is 0.214. The smallest absolute Gasteiger partial charge is 0.131 e. The van der Waals surface area contributed by atoms with Crippen molar-refractivity contribution in [2.75, 3.05) is 0 Å². The summed E-state index contributed by atoms with van der Waals surface area (Å²) in [5, 5.41) is 1.75. The Morgan fingerprint density at radius 1 is 1.00 bits per heavy atom. The summed E-state index contributed by atoms with van der Waals surface area (Å²) in [6.45, 7) is 3.82. The minimum atomic E-state index is -0.135. The SMILES string of the molecule is [CH2]CCCc1cccc2c(F)cccc12. The number of aryl methyl sites for hydroxylation is 1. The zero-order chi connectivity index (χ0) is 10.7. The second kappa shape index (κ2) is 4.43. The van der Waals surface area contributed by atoms with Crippen LogP contribution in [0.25, 0.3) is 10.8 Å². The van der Waals surface area contributed by atoms with E-state index < -0.39 is 0 Å². The predicted octanol–water partition coefficient (Wildman–Crippen LogP) is 4.14. The maximum Gasteiger partial charge on any atom is 0.131 e. The van der Waals surface area contributed by atoms with Crippen LogP contribution in [0.1, 0.15) is 18.4 Å². The van der Waals surface area contributed by atoms with Crippen LogP contribution in [0.2, 0.25) is 0 Å². The Bertz CT molecular complexity index is 460. The number of halogens is 1. The van der Waals surface area contributed by atoms with Crippen molar-refractivity contribution in [2.45, 2.75) is 19.3 Å². The van der Waals surface area contributed by atoms with Gasteiger partial charge in [0.05, 0.1) is 0 Å². The van der Waals surface area contributed by atoms with E-state index in [4.69, 9.17) is 0 Å². The molecule has 0 saturated carbocycles. The molecule has 0 bridgehead atoms. The molecule has 0 saturated heterocycles. The summed E-state index contributed by atoms with van der Waals surface area (Å²) in [5.74, 6) is -0.135. The molecule has 2 rings (SSSR count). The first-order chi connectivity index (χ1) is 7.33. The summed E-state index contributed by atoms with van der Waals surface area (Å²) in [4.78, 5) is 0. The van der Waals surface area contributed by atoms with Crippen LogP contribution >= 0.6 is 0 Å². The molecule has 0 nitrogen and oxygen atoms in total. The molecule has 0 fully saturated rings. The van der Waals surface area contributed by atoms with E-state index in [0.29, 0.717) is 0 Å². The molecule has 0 aliphatic heterocycles. The van der Waals surface area contributed by atoms with Crippen LogP contribution in [-0.2, 0) is 6.42 Å². The average Bonchev–Trinajstić information content (AvgIpc) is 2.27. The van der Waals surface area contributed by atoms with Gasteiger partial charge in [-0.15, -0.1) is 0 Å². The van der Waals surface area contributed by atoms with Crippen molar-refractivity contribution in [2.24, 2.45) is 0 Å². The topological polar surface area (TPSA) is 0 Å². The largest absolute Gasteiger partial charge is 0.206 e. The van der Waals surface area contributed by atoms with Gasteiger partial charge in [-0.2, -0.15) is 0 Å². The van der Waals surface area contributed by atoms with Gasteiger partial charge in [0.15, 0.2) is 0 Å². The van der Waals surface area contributed by atoms with E-state index in [9.17, 15) is 4.39 Å². The lowest BCUT2D eigenvalue weighted by atomic mass is 10.00. The number of unbranched alkanes of at least 4 members (excludes halogenated alkanes) is 1. The number of fused-ring (bicyclic) bond motifs is 1. The zero-order valence-corrected chi connectivity index (χ0v) is 8.67. The van der Waals surface area contributed by atoms with Crippen molar-refractivity contribution in [3.8, 4) is 0 Å². The van der Waals surface area contributed by atoms with Crippen molar-refractivity contribution in [1.29, 1.82) is 0 Å². The first kappa shape index (κ1) is 10.2. The Hall–Kier alpha value is -1.37. The quantitative estimate of drug-likeness (QED) is 0.700. The molecule has 0 amide bonds. The Morgan fingerprint density at radius 2 is 1.73 bits per heavy atom. The van der Waals surface area contributed by atoms with Gasteiger partial charge in [0, 0.05) is 5.39 Å². The molecule has 15 heavy (non-hydrogen) atoms. The Labute approximate surface area is 89.7 Å². The molecule has 2 aromatic rings. The summed E-state index contributed by atoms with van der Waals surface area (Å²) in [5.41, 5.74) is 1.22. The van der Waals surface area contributed by atoms with E-state index in [1.807, 2.05) is 18.2 Å². The van der Waals surface area contributed by atoms with Crippen molar-refractivity contribution in [3.63, 3.8) is 0 Å². The molecule has 0 N–H and O–H groups in total. The van der Waals surface area contributed by atoms with Crippen LogP contribution in [0.15, 0.2) is 36.4 Å². The third kappa shape index (κ3) is 2.01. The number of hydrogen-bond acceptors (Lipinski definition) is 0. The van der Waals surface area contributed by atoms with Crippen molar-refractivity contribution < 1.29 is 4.39 Å². The molecule has 2 aromatic carbocycles. The third-order valence-electron chi connectivity index (χ3n) is 2.66. The lowest BCUT2D eigenvalue weighted by molar-refractivity contribution is 0.639.